The minimum atomic E-state index is -0.271. The number of carbonyl (C=O) groups excluding carboxylic acids is 2. The summed E-state index contributed by atoms with van der Waals surface area (Å²) >= 11 is 0. The molecule has 1 fully saturated rings. The number of hydrogen-bond acceptors (Lipinski definition) is 7. The van der Waals surface area contributed by atoms with Crippen LogP contribution in [0.15, 0.2) is 61.1 Å². The van der Waals surface area contributed by atoms with Crippen LogP contribution in [0.4, 0.5) is 11.6 Å². The summed E-state index contributed by atoms with van der Waals surface area (Å²) in [6, 6.07) is 12.0. The first-order chi connectivity index (χ1) is 18.4. The Balaban J connectivity index is 1.51. The molecule has 4 aromatic rings. The maximum absolute atomic E-state index is 12.7. The third-order valence-electron chi connectivity index (χ3n) is 6.62. The van der Waals surface area contributed by atoms with E-state index < -0.39 is 0 Å². The SMILES string of the molecule is CC#CC(=O)N1C[C@H](C)NC(c2nc(-c3ccc(C(=O)Nc4ccccn4)cc3)c3c(N)nccn23)[C@@H]1C. The topological polar surface area (TPSA) is 131 Å². The summed E-state index contributed by atoms with van der Waals surface area (Å²) in [5, 5.41) is 6.37. The number of nitrogens with two attached hydrogens (primary N) is 1. The van der Waals surface area contributed by atoms with Gasteiger partial charge in [-0.05, 0) is 51.0 Å². The number of benzene rings is 1. The predicted molar refractivity (Wildman–Crippen MR) is 145 cm³/mol. The molecule has 4 N–H and O–H groups in total. The normalized spacial score (nSPS) is 19.0. The summed E-state index contributed by atoms with van der Waals surface area (Å²) in [7, 11) is 0. The van der Waals surface area contributed by atoms with Gasteiger partial charge in [-0.25, -0.2) is 15.0 Å². The Hall–Kier alpha value is -4.75. The van der Waals surface area contributed by atoms with E-state index in [1.165, 1.54) is 0 Å². The molecular formula is C28H28N8O2. The number of nitrogens with one attached hydrogen (secondary N) is 2. The van der Waals surface area contributed by atoms with Crippen molar-refractivity contribution in [3.8, 4) is 23.1 Å². The van der Waals surface area contributed by atoms with Crippen molar-refractivity contribution >= 4 is 29.0 Å². The number of nitrogen functional groups attached to an aromatic ring is 1. The maximum Gasteiger partial charge on any atom is 0.298 e. The van der Waals surface area contributed by atoms with Gasteiger partial charge in [0.1, 0.15) is 28.7 Å². The zero-order chi connectivity index (χ0) is 26.8. The van der Waals surface area contributed by atoms with Crippen LogP contribution in [-0.4, -0.2) is 54.7 Å². The summed E-state index contributed by atoms with van der Waals surface area (Å²) in [5.74, 6) is 6.41. The van der Waals surface area contributed by atoms with Gasteiger partial charge in [0.2, 0.25) is 0 Å². The van der Waals surface area contributed by atoms with E-state index in [4.69, 9.17) is 10.7 Å². The predicted octanol–water partition coefficient (Wildman–Crippen LogP) is 2.90. The molecule has 2 amide bonds. The minimum Gasteiger partial charge on any atom is -0.382 e. The van der Waals surface area contributed by atoms with E-state index >= 15 is 0 Å². The molecule has 192 valence electrons. The molecule has 38 heavy (non-hydrogen) atoms. The van der Waals surface area contributed by atoms with Gasteiger partial charge in [0.05, 0.1) is 12.1 Å². The van der Waals surface area contributed by atoms with Crippen LogP contribution in [0.5, 0.6) is 0 Å². The molecule has 1 saturated heterocycles. The molecule has 0 saturated carbocycles. The molecule has 1 aromatic carbocycles. The van der Waals surface area contributed by atoms with Gasteiger partial charge in [0, 0.05) is 42.3 Å². The van der Waals surface area contributed by atoms with Gasteiger partial charge in [0.25, 0.3) is 11.8 Å². The Kier molecular flexibility index (Phi) is 6.77. The summed E-state index contributed by atoms with van der Waals surface area (Å²) in [6.45, 7) is 6.22. The van der Waals surface area contributed by atoms with Crippen molar-refractivity contribution < 1.29 is 9.59 Å². The molecule has 0 radical (unpaired) electrons. The minimum absolute atomic E-state index is 0.0330. The monoisotopic (exact) mass is 508 g/mol. The largest absolute Gasteiger partial charge is 0.382 e. The Morgan fingerprint density at radius 1 is 1.11 bits per heavy atom. The van der Waals surface area contributed by atoms with Crippen LogP contribution < -0.4 is 16.4 Å². The van der Waals surface area contributed by atoms with Crippen molar-refractivity contribution in [2.45, 2.75) is 38.9 Å². The van der Waals surface area contributed by atoms with Crippen molar-refractivity contribution in [1.29, 1.82) is 0 Å². The highest BCUT2D eigenvalue weighted by Crippen LogP contribution is 2.33. The Morgan fingerprint density at radius 2 is 1.89 bits per heavy atom. The van der Waals surface area contributed by atoms with Crippen molar-refractivity contribution in [2.75, 3.05) is 17.6 Å². The standard InChI is InChI=1S/C28H28N8O2/c1-4-7-22(37)36-16-17(2)32-23(18(36)3)27-34-24(25-26(29)31-14-15-35(25)27)19-9-11-20(12-10-19)28(38)33-21-8-5-6-13-30-21/h5-6,8-15,17-18,23,32H,16H2,1-3H3,(H2,29,31)(H,30,33,38)/t17-,18-,23?/m0/s1. The lowest BCUT2D eigenvalue weighted by molar-refractivity contribution is -0.129. The lowest BCUT2D eigenvalue weighted by Gasteiger charge is -2.41. The number of pyridine rings is 1. The van der Waals surface area contributed by atoms with E-state index in [1.54, 1.807) is 54.5 Å². The molecule has 5 rings (SSSR count). The Morgan fingerprint density at radius 3 is 2.61 bits per heavy atom. The smallest absolute Gasteiger partial charge is 0.298 e. The summed E-state index contributed by atoms with van der Waals surface area (Å²) in [6.07, 6.45) is 5.07. The lowest BCUT2D eigenvalue weighted by Crippen LogP contribution is -2.58. The second-order valence-corrected chi connectivity index (χ2v) is 9.21. The van der Waals surface area contributed by atoms with Gasteiger partial charge in [-0.15, -0.1) is 0 Å². The number of piperazine rings is 1. The Bertz CT molecular complexity index is 1550. The van der Waals surface area contributed by atoms with Crippen molar-refractivity contribution in [1.82, 2.24) is 29.6 Å². The van der Waals surface area contributed by atoms with Crippen molar-refractivity contribution in [3.05, 3.63) is 72.4 Å². The van der Waals surface area contributed by atoms with E-state index in [-0.39, 0.29) is 29.9 Å². The van der Waals surface area contributed by atoms with E-state index in [0.29, 0.717) is 40.8 Å². The molecule has 1 unspecified atom stereocenters. The van der Waals surface area contributed by atoms with Gasteiger partial charge in [-0.3, -0.25) is 14.0 Å². The fourth-order valence-electron chi connectivity index (χ4n) is 4.79. The van der Waals surface area contributed by atoms with Gasteiger partial charge in [-0.1, -0.05) is 24.1 Å². The highest BCUT2D eigenvalue weighted by atomic mass is 16.2. The number of aromatic nitrogens is 4. The highest BCUT2D eigenvalue weighted by Gasteiger charge is 2.37. The average Bonchev–Trinajstić information content (AvgIpc) is 3.31. The molecule has 10 heteroatoms. The fourth-order valence-corrected chi connectivity index (χ4v) is 4.79. The van der Waals surface area contributed by atoms with Crippen LogP contribution in [0.2, 0.25) is 0 Å². The van der Waals surface area contributed by atoms with Crippen LogP contribution >= 0.6 is 0 Å². The van der Waals surface area contributed by atoms with Crippen LogP contribution in [0.3, 0.4) is 0 Å². The molecule has 0 aliphatic carbocycles. The second kappa shape index (κ2) is 10.3. The van der Waals surface area contributed by atoms with E-state index in [1.807, 2.05) is 36.6 Å². The zero-order valence-electron chi connectivity index (χ0n) is 21.3. The number of carbonyl (C=O) groups is 2. The number of hydrogen-bond donors (Lipinski definition) is 3. The summed E-state index contributed by atoms with van der Waals surface area (Å²) in [4.78, 5) is 40.6. The Labute approximate surface area is 220 Å². The van der Waals surface area contributed by atoms with Gasteiger partial charge in [-0.2, -0.15) is 0 Å². The number of nitrogens with zero attached hydrogens (tertiary/aromatic N) is 5. The van der Waals surface area contributed by atoms with E-state index in [0.717, 1.165) is 5.56 Å². The third kappa shape index (κ3) is 4.67. The van der Waals surface area contributed by atoms with Gasteiger partial charge >= 0.3 is 0 Å². The van der Waals surface area contributed by atoms with Crippen LogP contribution in [0, 0.1) is 11.8 Å². The van der Waals surface area contributed by atoms with Gasteiger partial charge < -0.3 is 21.3 Å². The maximum atomic E-state index is 12.7. The van der Waals surface area contributed by atoms with Crippen LogP contribution in [0.1, 0.15) is 43.0 Å². The van der Waals surface area contributed by atoms with Crippen molar-refractivity contribution in [3.63, 3.8) is 0 Å². The molecule has 1 aliphatic heterocycles. The number of anilines is 2. The second-order valence-electron chi connectivity index (χ2n) is 9.21. The molecule has 10 nitrogen and oxygen atoms in total. The molecule has 4 heterocycles. The fraction of sp³-hybridized carbons (Fsp3) is 0.250. The highest BCUT2D eigenvalue weighted by molar-refractivity contribution is 6.04. The molecule has 1 aliphatic rings. The summed E-state index contributed by atoms with van der Waals surface area (Å²) < 4.78 is 1.92. The first kappa shape index (κ1) is 24.9. The van der Waals surface area contributed by atoms with Crippen LogP contribution in [0.25, 0.3) is 16.8 Å². The molecular weight excluding hydrogens is 480 g/mol. The number of amides is 2. The van der Waals surface area contributed by atoms with Crippen LogP contribution in [-0.2, 0) is 4.79 Å². The quantitative estimate of drug-likeness (QED) is 0.361. The first-order valence-electron chi connectivity index (χ1n) is 12.3. The molecule has 3 aromatic heterocycles. The van der Waals surface area contributed by atoms with E-state index in [9.17, 15) is 9.59 Å². The molecule has 0 bridgehead atoms. The number of rotatable bonds is 4. The zero-order valence-corrected chi connectivity index (χ0v) is 21.3. The summed E-state index contributed by atoms with van der Waals surface area (Å²) in [5.41, 5.74) is 8.90. The number of imidazole rings is 1. The van der Waals surface area contributed by atoms with Crippen molar-refractivity contribution in [2.24, 2.45) is 0 Å². The van der Waals surface area contributed by atoms with Gasteiger partial charge in [0.15, 0.2) is 0 Å². The lowest BCUT2D eigenvalue weighted by atomic mass is 10.0. The first-order valence-corrected chi connectivity index (χ1v) is 12.3. The molecule has 3 atom stereocenters. The average molecular weight is 509 g/mol. The third-order valence-corrected chi connectivity index (χ3v) is 6.62. The number of fused-ring (bicyclic) bond motifs is 1. The molecule has 0 spiro atoms. The van der Waals surface area contributed by atoms with E-state index in [2.05, 4.69) is 32.4 Å².